The molecule has 19 heavy (non-hydrogen) atoms. The Labute approximate surface area is 124 Å². The maximum atomic E-state index is 5.42. The van der Waals surface area contributed by atoms with Gasteiger partial charge in [-0.25, -0.2) is 0 Å². The minimum atomic E-state index is -2.80. The topological polar surface area (TPSA) is 36.9 Å². The zero-order valence-electron chi connectivity index (χ0n) is 12.9. The highest BCUT2D eigenvalue weighted by Crippen LogP contribution is 2.15. The summed E-state index contributed by atoms with van der Waals surface area (Å²) in [6, 6.07) is 0. The molecule has 0 aromatic rings. The smallest absolute Gasteiger partial charge is 0.351 e. The molecule has 0 aromatic heterocycles. The number of thioether (sulfide) groups is 1. The van der Waals surface area contributed by atoms with E-state index in [9.17, 15) is 0 Å². The molecule has 1 aliphatic heterocycles. The van der Waals surface area contributed by atoms with Gasteiger partial charge in [-0.15, -0.1) is 0 Å². The molecular weight excluding hydrogens is 280 g/mol. The van der Waals surface area contributed by atoms with Crippen LogP contribution in [0.4, 0.5) is 0 Å². The van der Waals surface area contributed by atoms with E-state index in [1.165, 1.54) is 30.8 Å². The van der Waals surface area contributed by atoms with Crippen molar-refractivity contribution in [1.29, 1.82) is 0 Å². The zero-order chi connectivity index (χ0) is 14.4. The van der Waals surface area contributed by atoms with E-state index in [1.807, 2.05) is 27.7 Å². The van der Waals surface area contributed by atoms with Gasteiger partial charge in [0, 0.05) is 26.4 Å². The first-order valence-corrected chi connectivity index (χ1v) is 10.2. The van der Waals surface area contributed by atoms with Crippen LogP contribution in [-0.4, -0.2) is 47.0 Å². The summed E-state index contributed by atoms with van der Waals surface area (Å²) in [7, 11) is -2.80. The summed E-state index contributed by atoms with van der Waals surface area (Å²) < 4.78 is 21.7. The fraction of sp³-hybridized carbons (Fsp3) is 1.00. The van der Waals surface area contributed by atoms with E-state index < -0.39 is 9.05 Å². The minimum absolute atomic E-state index is 0.548. The second kappa shape index (κ2) is 13.4. The van der Waals surface area contributed by atoms with Crippen molar-refractivity contribution in [3.63, 3.8) is 0 Å². The fourth-order valence-corrected chi connectivity index (χ4v) is 4.58. The Bertz CT molecular complexity index is 150. The Morgan fingerprint density at radius 1 is 0.684 bits per heavy atom. The molecule has 0 atom stereocenters. The second-order valence-electron chi connectivity index (χ2n) is 3.91. The molecule has 0 bridgehead atoms. The van der Waals surface area contributed by atoms with Gasteiger partial charge < -0.3 is 17.7 Å². The standard InChI is InChI=1S/C8H20O4Si.C5H10S/c1-5-9-13(10-6-2,11-7-3)12-8-4;1-2-4-6-5-3-1/h5-8H2,1-4H3;1-5H2. The maximum Gasteiger partial charge on any atom is 0.679 e. The van der Waals surface area contributed by atoms with E-state index in [1.54, 1.807) is 0 Å². The van der Waals surface area contributed by atoms with E-state index in [4.69, 9.17) is 17.7 Å². The van der Waals surface area contributed by atoms with Gasteiger partial charge in [-0.1, -0.05) is 6.42 Å². The lowest BCUT2D eigenvalue weighted by molar-refractivity contribution is -0.0247. The van der Waals surface area contributed by atoms with Crippen molar-refractivity contribution in [3.05, 3.63) is 0 Å². The number of hydrogen-bond donors (Lipinski definition) is 0. The highest BCUT2D eigenvalue weighted by atomic mass is 32.2. The second-order valence-corrected chi connectivity index (χ2v) is 7.28. The number of hydrogen-bond acceptors (Lipinski definition) is 5. The van der Waals surface area contributed by atoms with E-state index >= 15 is 0 Å². The van der Waals surface area contributed by atoms with Crippen LogP contribution in [0.25, 0.3) is 0 Å². The molecule has 0 aliphatic carbocycles. The molecular formula is C13H30O4SSi. The van der Waals surface area contributed by atoms with Gasteiger partial charge in [0.05, 0.1) is 0 Å². The van der Waals surface area contributed by atoms with Crippen molar-refractivity contribution in [1.82, 2.24) is 0 Å². The molecule has 0 spiro atoms. The molecule has 0 unspecified atom stereocenters. The van der Waals surface area contributed by atoms with Crippen molar-refractivity contribution in [2.75, 3.05) is 37.9 Å². The quantitative estimate of drug-likeness (QED) is 0.642. The first-order valence-electron chi connectivity index (χ1n) is 7.38. The summed E-state index contributed by atoms with van der Waals surface area (Å²) in [5.41, 5.74) is 0. The van der Waals surface area contributed by atoms with Crippen LogP contribution < -0.4 is 0 Å². The van der Waals surface area contributed by atoms with E-state index in [0.29, 0.717) is 26.4 Å². The Kier molecular flexibility index (Phi) is 13.7. The molecule has 0 saturated carbocycles. The third kappa shape index (κ3) is 9.87. The summed E-state index contributed by atoms with van der Waals surface area (Å²) in [4.78, 5) is 0. The van der Waals surface area contributed by atoms with E-state index in [-0.39, 0.29) is 0 Å². The SMILES string of the molecule is C1CCSCC1.CCO[Si](OCC)(OCC)OCC. The molecule has 116 valence electrons. The molecule has 0 aromatic carbocycles. The van der Waals surface area contributed by atoms with Gasteiger partial charge >= 0.3 is 9.05 Å². The van der Waals surface area contributed by atoms with Crippen LogP contribution in [0.1, 0.15) is 47.0 Å². The van der Waals surface area contributed by atoms with Gasteiger partial charge in [0.15, 0.2) is 0 Å². The normalized spacial score (nSPS) is 15.8. The lowest BCUT2D eigenvalue weighted by Crippen LogP contribution is -2.49. The number of rotatable bonds is 8. The van der Waals surface area contributed by atoms with Gasteiger partial charge in [-0.05, 0) is 52.0 Å². The Morgan fingerprint density at radius 2 is 1.05 bits per heavy atom. The Morgan fingerprint density at radius 3 is 1.21 bits per heavy atom. The van der Waals surface area contributed by atoms with Crippen molar-refractivity contribution in [2.45, 2.75) is 47.0 Å². The molecule has 1 heterocycles. The van der Waals surface area contributed by atoms with Crippen LogP contribution >= 0.6 is 11.8 Å². The highest BCUT2D eigenvalue weighted by molar-refractivity contribution is 7.99. The zero-order valence-corrected chi connectivity index (χ0v) is 14.7. The Balaban J connectivity index is 0.000000443. The Hall–Kier alpha value is 0.407. The van der Waals surface area contributed by atoms with Crippen LogP contribution in [0.3, 0.4) is 0 Å². The molecule has 1 fully saturated rings. The summed E-state index contributed by atoms with van der Waals surface area (Å²) in [6.07, 6.45) is 4.41. The summed E-state index contributed by atoms with van der Waals surface area (Å²) in [5.74, 6) is 2.83. The third-order valence-corrected chi connectivity index (χ3v) is 6.09. The lowest BCUT2D eigenvalue weighted by Gasteiger charge is -2.26. The fourth-order valence-electron chi connectivity index (χ4n) is 1.64. The lowest BCUT2D eigenvalue weighted by atomic mass is 10.3. The van der Waals surface area contributed by atoms with E-state index in [2.05, 4.69) is 11.8 Å². The van der Waals surface area contributed by atoms with Crippen LogP contribution in [-0.2, 0) is 17.7 Å². The first-order chi connectivity index (χ1) is 9.24. The van der Waals surface area contributed by atoms with Crippen LogP contribution in [0.15, 0.2) is 0 Å². The average molecular weight is 311 g/mol. The molecule has 0 amide bonds. The van der Waals surface area contributed by atoms with Gasteiger partial charge in [-0.3, -0.25) is 0 Å². The van der Waals surface area contributed by atoms with Crippen LogP contribution in [0.2, 0.25) is 0 Å². The predicted octanol–water partition coefficient (Wildman–Crippen LogP) is 3.47. The summed E-state index contributed by atoms with van der Waals surface area (Å²) >= 11 is 2.09. The average Bonchev–Trinajstić information content (AvgIpc) is 2.43. The summed E-state index contributed by atoms with van der Waals surface area (Å²) in [5, 5.41) is 0. The molecule has 0 radical (unpaired) electrons. The summed E-state index contributed by atoms with van der Waals surface area (Å²) in [6.45, 7) is 9.80. The first kappa shape index (κ1) is 19.4. The largest absolute Gasteiger partial charge is 0.679 e. The van der Waals surface area contributed by atoms with Crippen LogP contribution in [0, 0.1) is 0 Å². The van der Waals surface area contributed by atoms with Gasteiger partial charge in [0.1, 0.15) is 0 Å². The van der Waals surface area contributed by atoms with E-state index in [0.717, 1.165) is 0 Å². The van der Waals surface area contributed by atoms with Crippen molar-refractivity contribution in [3.8, 4) is 0 Å². The van der Waals surface area contributed by atoms with Gasteiger partial charge in [-0.2, -0.15) is 11.8 Å². The predicted molar refractivity (Wildman–Crippen MR) is 83.4 cm³/mol. The molecule has 1 rings (SSSR count). The minimum Gasteiger partial charge on any atom is -0.351 e. The monoisotopic (exact) mass is 310 g/mol. The third-order valence-electron chi connectivity index (χ3n) is 2.36. The highest BCUT2D eigenvalue weighted by Gasteiger charge is 2.44. The molecule has 6 heteroatoms. The molecule has 1 saturated heterocycles. The van der Waals surface area contributed by atoms with Gasteiger partial charge in [0.2, 0.25) is 0 Å². The molecule has 4 nitrogen and oxygen atoms in total. The van der Waals surface area contributed by atoms with Crippen molar-refractivity contribution in [2.24, 2.45) is 0 Å². The van der Waals surface area contributed by atoms with Crippen LogP contribution in [0.5, 0.6) is 0 Å². The van der Waals surface area contributed by atoms with Gasteiger partial charge in [0.25, 0.3) is 0 Å². The maximum absolute atomic E-state index is 5.42. The molecule has 1 aliphatic rings. The molecule has 0 N–H and O–H groups in total. The van der Waals surface area contributed by atoms with Crippen molar-refractivity contribution < 1.29 is 17.7 Å². The van der Waals surface area contributed by atoms with Crippen molar-refractivity contribution >= 4 is 20.8 Å².